The van der Waals surface area contributed by atoms with Crippen molar-refractivity contribution in [2.24, 2.45) is 33.6 Å². The van der Waals surface area contributed by atoms with Crippen LogP contribution in [-0.4, -0.2) is 18.9 Å². The lowest BCUT2D eigenvalue weighted by Crippen LogP contribution is -2.61. The molecule has 0 aromatic heterocycles. The molecule has 5 aliphatic carbocycles. The Morgan fingerprint density at radius 3 is 2.26 bits per heavy atom. The molecule has 1 aromatic carbocycles. The summed E-state index contributed by atoms with van der Waals surface area (Å²) in [5.41, 5.74) is 2.58. The zero-order chi connectivity index (χ0) is 17.2. The molecule has 146 valence electrons. The molecular formula is C24H33ClN2. The summed E-state index contributed by atoms with van der Waals surface area (Å²) in [6.07, 6.45) is 17.3. The second kappa shape index (κ2) is 6.51. The molecule has 3 unspecified atom stereocenters. The van der Waals surface area contributed by atoms with Gasteiger partial charge in [-0.1, -0.05) is 31.0 Å². The quantitative estimate of drug-likeness (QED) is 0.614. The van der Waals surface area contributed by atoms with Gasteiger partial charge in [0, 0.05) is 5.69 Å². The van der Waals surface area contributed by atoms with Crippen LogP contribution in [-0.2, 0) is 0 Å². The minimum absolute atomic E-state index is 0. The second-order valence-corrected chi connectivity index (χ2v) is 10.4. The minimum Gasteiger partial charge on any atom is -0.327 e. The molecule has 0 N–H and O–H groups in total. The smallest absolute Gasteiger partial charge is 0.0898 e. The summed E-state index contributed by atoms with van der Waals surface area (Å²) in [4.78, 5) is 7.35. The van der Waals surface area contributed by atoms with Crippen molar-refractivity contribution in [3.8, 4) is 0 Å². The average Bonchev–Trinajstić information content (AvgIpc) is 3.34. The van der Waals surface area contributed by atoms with Crippen molar-refractivity contribution in [3.63, 3.8) is 0 Å². The molecule has 0 saturated heterocycles. The van der Waals surface area contributed by atoms with Crippen molar-refractivity contribution in [1.82, 2.24) is 0 Å². The summed E-state index contributed by atoms with van der Waals surface area (Å²) in [5.74, 6) is 3.06. The molecular weight excluding hydrogens is 352 g/mol. The highest BCUT2D eigenvalue weighted by Gasteiger charge is 2.62. The van der Waals surface area contributed by atoms with Crippen LogP contribution < -0.4 is 4.90 Å². The third-order valence-electron chi connectivity index (χ3n) is 8.95. The van der Waals surface area contributed by atoms with Crippen molar-refractivity contribution in [1.29, 1.82) is 0 Å². The van der Waals surface area contributed by atoms with Gasteiger partial charge in [0.1, 0.15) is 0 Å². The van der Waals surface area contributed by atoms with Crippen LogP contribution in [0.2, 0.25) is 0 Å². The van der Waals surface area contributed by atoms with Gasteiger partial charge in [-0.3, -0.25) is 4.99 Å². The first-order chi connectivity index (χ1) is 12.8. The first-order valence-electron chi connectivity index (χ1n) is 11.1. The molecule has 0 spiro atoms. The van der Waals surface area contributed by atoms with Crippen LogP contribution in [0.4, 0.5) is 5.69 Å². The number of hydrogen-bond acceptors (Lipinski definition) is 2. The van der Waals surface area contributed by atoms with Gasteiger partial charge in [-0.05, 0) is 92.1 Å². The molecule has 3 atom stereocenters. The third-order valence-corrected chi connectivity index (χ3v) is 8.95. The fraction of sp³-hybridized carbons (Fsp3) is 0.708. The zero-order valence-corrected chi connectivity index (χ0v) is 17.2. The fourth-order valence-electron chi connectivity index (χ4n) is 8.55. The van der Waals surface area contributed by atoms with Gasteiger partial charge in [0.05, 0.1) is 18.9 Å². The molecule has 5 fully saturated rings. The predicted octanol–water partition coefficient (Wildman–Crippen LogP) is 6.10. The van der Waals surface area contributed by atoms with Crippen LogP contribution in [0.5, 0.6) is 0 Å². The van der Waals surface area contributed by atoms with E-state index in [2.05, 4.69) is 41.6 Å². The zero-order valence-electron chi connectivity index (χ0n) is 16.4. The highest BCUT2D eigenvalue weighted by molar-refractivity contribution is 5.85. The number of nitrogens with zero attached hydrogens (tertiary/aromatic N) is 2. The molecule has 1 aliphatic heterocycles. The van der Waals surface area contributed by atoms with Crippen LogP contribution in [0.1, 0.15) is 64.2 Å². The van der Waals surface area contributed by atoms with E-state index in [1.807, 2.05) is 0 Å². The molecule has 6 aliphatic rings. The Hall–Kier alpha value is -1.02. The lowest BCUT2D eigenvalue weighted by molar-refractivity contribution is -0.142. The van der Waals surface area contributed by atoms with Crippen LogP contribution in [0.15, 0.2) is 35.3 Å². The van der Waals surface area contributed by atoms with E-state index in [1.165, 1.54) is 57.1 Å². The number of hydrogen-bond donors (Lipinski definition) is 0. The Morgan fingerprint density at radius 1 is 0.889 bits per heavy atom. The summed E-state index contributed by atoms with van der Waals surface area (Å²) < 4.78 is 0. The minimum atomic E-state index is 0. The Labute approximate surface area is 170 Å². The van der Waals surface area contributed by atoms with Crippen molar-refractivity contribution in [3.05, 3.63) is 30.3 Å². The van der Waals surface area contributed by atoms with Gasteiger partial charge in [-0.2, -0.15) is 0 Å². The Kier molecular flexibility index (Phi) is 4.35. The maximum atomic E-state index is 4.80. The first kappa shape index (κ1) is 18.0. The topological polar surface area (TPSA) is 15.6 Å². The number of benzene rings is 1. The number of anilines is 1. The van der Waals surface area contributed by atoms with Crippen molar-refractivity contribution in [2.75, 3.05) is 11.4 Å². The van der Waals surface area contributed by atoms with Crippen molar-refractivity contribution >= 4 is 24.4 Å². The Bertz CT molecular complexity index is 694. The normalized spacial score (nSPS) is 42.7. The average molecular weight is 385 g/mol. The largest absolute Gasteiger partial charge is 0.327 e. The van der Waals surface area contributed by atoms with Crippen molar-refractivity contribution < 1.29 is 0 Å². The van der Waals surface area contributed by atoms with Gasteiger partial charge in [0.25, 0.3) is 0 Å². The highest BCUT2D eigenvalue weighted by atomic mass is 35.5. The highest BCUT2D eigenvalue weighted by Crippen LogP contribution is 2.70. The van der Waals surface area contributed by atoms with E-state index >= 15 is 0 Å². The van der Waals surface area contributed by atoms with E-state index in [-0.39, 0.29) is 12.4 Å². The standard InChI is InChI=1S/C24H32N2.ClH/c1-2-8-21(9-3-1)26-17-25-15-22(26)24-13-18-10-19(14-24)12-23(11-18,16-24)20-6-4-5-7-20;/h1-3,8-9,17-20,22H,4-7,10-16H2;1H. The van der Waals surface area contributed by atoms with Gasteiger partial charge < -0.3 is 4.90 Å². The predicted molar refractivity (Wildman–Crippen MR) is 115 cm³/mol. The molecule has 0 amide bonds. The van der Waals surface area contributed by atoms with Gasteiger partial charge in [0.2, 0.25) is 0 Å². The Balaban J connectivity index is 0.00000160. The van der Waals surface area contributed by atoms with E-state index in [4.69, 9.17) is 4.99 Å². The molecule has 1 aromatic rings. The van der Waals surface area contributed by atoms with Gasteiger partial charge >= 0.3 is 0 Å². The molecule has 3 heteroatoms. The van der Waals surface area contributed by atoms with Crippen LogP contribution in [0.25, 0.3) is 0 Å². The number of halogens is 1. The molecule has 0 radical (unpaired) electrons. The van der Waals surface area contributed by atoms with E-state index in [0.717, 1.165) is 24.3 Å². The van der Waals surface area contributed by atoms with Crippen molar-refractivity contribution in [2.45, 2.75) is 70.3 Å². The lowest BCUT2D eigenvalue weighted by atomic mass is 9.40. The van der Waals surface area contributed by atoms with E-state index in [9.17, 15) is 0 Å². The molecule has 7 rings (SSSR count). The van der Waals surface area contributed by atoms with Crippen LogP contribution in [0, 0.1) is 28.6 Å². The lowest BCUT2D eigenvalue weighted by Gasteiger charge is -2.66. The molecule has 2 nitrogen and oxygen atoms in total. The maximum Gasteiger partial charge on any atom is 0.0898 e. The van der Waals surface area contributed by atoms with E-state index < -0.39 is 0 Å². The molecule has 4 bridgehead atoms. The van der Waals surface area contributed by atoms with E-state index in [0.29, 0.717) is 16.9 Å². The van der Waals surface area contributed by atoms with Gasteiger partial charge in [-0.15, -0.1) is 12.4 Å². The number of rotatable bonds is 3. The van der Waals surface area contributed by atoms with Crippen LogP contribution in [0.3, 0.4) is 0 Å². The summed E-state index contributed by atoms with van der Waals surface area (Å²) >= 11 is 0. The molecule has 1 heterocycles. The number of para-hydroxylation sites is 1. The molecule has 5 saturated carbocycles. The summed E-state index contributed by atoms with van der Waals surface area (Å²) in [5, 5.41) is 0. The number of aliphatic imine (C=N–C) groups is 1. The first-order valence-corrected chi connectivity index (χ1v) is 11.1. The third kappa shape index (κ3) is 2.69. The van der Waals surface area contributed by atoms with Crippen LogP contribution >= 0.6 is 12.4 Å². The molecule has 27 heavy (non-hydrogen) atoms. The monoisotopic (exact) mass is 384 g/mol. The summed E-state index contributed by atoms with van der Waals surface area (Å²) in [6.45, 7) is 1.02. The Morgan fingerprint density at radius 2 is 1.56 bits per heavy atom. The second-order valence-electron chi connectivity index (χ2n) is 10.4. The summed E-state index contributed by atoms with van der Waals surface area (Å²) in [6, 6.07) is 11.6. The SMILES string of the molecule is C1=NCC(C23CC4CC(CC(C5CCCC5)(C4)C2)C3)N1c1ccccc1.Cl. The van der Waals surface area contributed by atoms with Gasteiger partial charge in [-0.25, -0.2) is 0 Å². The summed E-state index contributed by atoms with van der Waals surface area (Å²) in [7, 11) is 0. The van der Waals surface area contributed by atoms with E-state index in [1.54, 1.807) is 12.8 Å². The maximum absolute atomic E-state index is 4.80. The van der Waals surface area contributed by atoms with Gasteiger partial charge in [0.15, 0.2) is 0 Å². The fourth-order valence-corrected chi connectivity index (χ4v) is 8.55.